The van der Waals surface area contributed by atoms with Gasteiger partial charge in [0.2, 0.25) is 0 Å². The van der Waals surface area contributed by atoms with Crippen LogP contribution in [0.15, 0.2) is 194 Å². The normalized spacial score (nSPS) is 14.2. The van der Waals surface area contributed by atoms with Gasteiger partial charge in [-0.05, 0) is 125 Å². The Balaban J connectivity index is 1.04. The molecule has 2 aliphatic rings. The van der Waals surface area contributed by atoms with E-state index in [-0.39, 0.29) is 10.8 Å². The molecule has 2 nitrogen and oxygen atoms in total. The summed E-state index contributed by atoms with van der Waals surface area (Å²) < 4.78 is 0. The molecular weight excluding hydrogens is 773 g/mol. The van der Waals surface area contributed by atoms with Gasteiger partial charge in [-0.2, -0.15) is 0 Å². The Labute approximate surface area is 373 Å². The van der Waals surface area contributed by atoms with E-state index in [0.717, 1.165) is 60.7 Å². The first-order valence-electron chi connectivity index (χ1n) is 22.5. The van der Waals surface area contributed by atoms with Gasteiger partial charge in [-0.25, -0.2) is 4.98 Å². The van der Waals surface area contributed by atoms with E-state index >= 15 is 0 Å². The van der Waals surface area contributed by atoms with Crippen LogP contribution in [0.5, 0.6) is 0 Å². The molecule has 2 aromatic heterocycles. The molecule has 64 heavy (non-hydrogen) atoms. The number of fused-ring (bicyclic) bond motifs is 11. The Morgan fingerprint density at radius 1 is 0.328 bits per heavy atom. The van der Waals surface area contributed by atoms with Crippen LogP contribution in [-0.2, 0) is 10.8 Å². The quantitative estimate of drug-likeness (QED) is 0.131. The molecule has 2 heteroatoms. The summed E-state index contributed by atoms with van der Waals surface area (Å²) in [6.45, 7) is 9.43. The average molecular weight is 817 g/mol. The minimum absolute atomic E-state index is 0.103. The third-order valence-corrected chi connectivity index (χ3v) is 14.7. The maximum Gasteiger partial charge on any atom is 0.0794 e. The molecule has 0 bridgehead atoms. The van der Waals surface area contributed by atoms with Crippen LogP contribution in [0.3, 0.4) is 0 Å². The number of hydrogen-bond acceptors (Lipinski definition) is 2. The third-order valence-electron chi connectivity index (χ3n) is 14.7. The maximum atomic E-state index is 5.65. The van der Waals surface area contributed by atoms with E-state index in [1.165, 1.54) is 71.8 Å². The summed E-state index contributed by atoms with van der Waals surface area (Å²) in [5.41, 5.74) is 21.8. The lowest BCUT2D eigenvalue weighted by atomic mass is 9.81. The van der Waals surface area contributed by atoms with Gasteiger partial charge in [-0.3, -0.25) is 4.98 Å². The Hall–Kier alpha value is -7.68. The van der Waals surface area contributed by atoms with Crippen LogP contribution in [0.2, 0.25) is 0 Å². The molecule has 0 unspecified atom stereocenters. The largest absolute Gasteiger partial charge is 0.256 e. The van der Waals surface area contributed by atoms with Gasteiger partial charge >= 0.3 is 0 Å². The molecule has 2 aliphatic carbocycles. The zero-order chi connectivity index (χ0) is 42.9. The van der Waals surface area contributed by atoms with Crippen molar-refractivity contribution in [3.05, 3.63) is 217 Å². The van der Waals surface area contributed by atoms with Gasteiger partial charge in [0.05, 0.1) is 16.7 Å². The topological polar surface area (TPSA) is 25.8 Å². The van der Waals surface area contributed by atoms with E-state index in [1.54, 1.807) is 0 Å². The van der Waals surface area contributed by atoms with Crippen LogP contribution in [-0.4, -0.2) is 9.97 Å². The highest BCUT2D eigenvalue weighted by molar-refractivity contribution is 6.17. The van der Waals surface area contributed by atoms with E-state index in [9.17, 15) is 0 Å². The summed E-state index contributed by atoms with van der Waals surface area (Å²) >= 11 is 0. The highest BCUT2D eigenvalue weighted by Crippen LogP contribution is 2.52. The lowest BCUT2D eigenvalue weighted by Crippen LogP contribution is -2.15. The molecule has 0 saturated carbocycles. The molecule has 302 valence electrons. The first kappa shape index (κ1) is 36.9. The van der Waals surface area contributed by atoms with Crippen LogP contribution < -0.4 is 0 Å². The predicted octanol–water partition coefficient (Wildman–Crippen LogP) is 16.4. The van der Waals surface area contributed by atoms with E-state index in [1.807, 2.05) is 12.3 Å². The fraction of sp³-hybridized carbons (Fsp3) is 0.0968. The summed E-state index contributed by atoms with van der Waals surface area (Å²) in [7, 11) is 0. The molecule has 0 spiro atoms. The van der Waals surface area contributed by atoms with Gasteiger partial charge in [-0.15, -0.1) is 0 Å². The van der Waals surface area contributed by atoms with Crippen LogP contribution in [0, 0.1) is 0 Å². The Kier molecular flexibility index (Phi) is 7.74. The Morgan fingerprint density at radius 2 is 0.859 bits per heavy atom. The molecule has 11 aromatic rings. The lowest BCUT2D eigenvalue weighted by molar-refractivity contribution is 0.660. The first-order chi connectivity index (χ1) is 31.2. The standard InChI is InChI=1S/C62H44N2/c1-61(2)53-21-11-9-18-45(53)47-29-27-40(33-55(47)61)50-35-52-51(37-23-25-38(26-24-37)58-43-16-6-5-14-39(43)32-42-15-13-31-63-59(42)58)36-57(64-60(52)49-20-8-7-17-44(49)50)41-28-30-48-46-19-10-12-22-54(46)62(3,4)56(48)34-41/h5-36H,1-4H3. The van der Waals surface area contributed by atoms with Crippen LogP contribution >= 0.6 is 0 Å². The molecule has 0 N–H and O–H groups in total. The van der Waals surface area contributed by atoms with Crippen molar-refractivity contribution in [2.45, 2.75) is 38.5 Å². The van der Waals surface area contributed by atoms with Gasteiger partial charge in [-0.1, -0.05) is 179 Å². The number of hydrogen-bond donors (Lipinski definition) is 0. The Morgan fingerprint density at radius 3 is 1.58 bits per heavy atom. The summed E-state index contributed by atoms with van der Waals surface area (Å²) in [4.78, 5) is 10.6. The summed E-state index contributed by atoms with van der Waals surface area (Å²) in [6.07, 6.45) is 1.90. The van der Waals surface area contributed by atoms with Gasteiger partial charge in [0, 0.05) is 44.3 Å². The number of pyridine rings is 2. The highest BCUT2D eigenvalue weighted by Gasteiger charge is 2.37. The molecule has 0 amide bonds. The van der Waals surface area contributed by atoms with Crippen LogP contribution in [0.4, 0.5) is 0 Å². The summed E-state index contributed by atoms with van der Waals surface area (Å²) in [5, 5.41) is 7.06. The van der Waals surface area contributed by atoms with E-state index in [2.05, 4.69) is 210 Å². The van der Waals surface area contributed by atoms with E-state index < -0.39 is 0 Å². The van der Waals surface area contributed by atoms with Gasteiger partial charge in [0.25, 0.3) is 0 Å². The molecule has 13 rings (SSSR count). The molecule has 0 saturated heterocycles. The van der Waals surface area contributed by atoms with Crippen LogP contribution in [0.25, 0.3) is 110 Å². The van der Waals surface area contributed by atoms with Crippen molar-refractivity contribution in [2.75, 3.05) is 0 Å². The Bertz CT molecular complexity index is 3720. The molecule has 0 aliphatic heterocycles. The van der Waals surface area contributed by atoms with Crippen molar-refractivity contribution in [2.24, 2.45) is 0 Å². The number of nitrogens with zero attached hydrogens (tertiary/aromatic N) is 2. The van der Waals surface area contributed by atoms with Gasteiger partial charge in [0.1, 0.15) is 0 Å². The second-order valence-electron chi connectivity index (χ2n) is 18.9. The zero-order valence-corrected chi connectivity index (χ0v) is 36.4. The minimum atomic E-state index is -0.120. The summed E-state index contributed by atoms with van der Waals surface area (Å²) in [5.74, 6) is 0. The van der Waals surface area contributed by atoms with Crippen molar-refractivity contribution in [3.63, 3.8) is 0 Å². The van der Waals surface area contributed by atoms with Crippen molar-refractivity contribution >= 4 is 43.4 Å². The van der Waals surface area contributed by atoms with Crippen molar-refractivity contribution in [1.29, 1.82) is 0 Å². The van der Waals surface area contributed by atoms with Crippen molar-refractivity contribution < 1.29 is 0 Å². The number of aromatic nitrogens is 2. The number of benzene rings is 9. The average Bonchev–Trinajstić information content (AvgIpc) is 3.71. The minimum Gasteiger partial charge on any atom is -0.256 e. The van der Waals surface area contributed by atoms with E-state index in [4.69, 9.17) is 9.97 Å². The molecule has 0 fully saturated rings. The van der Waals surface area contributed by atoms with Gasteiger partial charge in [0.15, 0.2) is 0 Å². The molecule has 0 atom stereocenters. The SMILES string of the molecule is CC1(C)c2ccccc2-c2ccc(-c3cc(-c4ccc(-c5c6ccccc6cc6cccnc56)cc4)c4cc(-c5ccc6c(c5)C(C)(C)c5ccccc5-6)c5ccccc5c4n3)cc21. The molecule has 2 heterocycles. The predicted molar refractivity (Wildman–Crippen MR) is 269 cm³/mol. The second kappa shape index (κ2) is 13.4. The molecule has 9 aromatic carbocycles. The highest BCUT2D eigenvalue weighted by atomic mass is 14.7. The maximum absolute atomic E-state index is 5.65. The fourth-order valence-corrected chi connectivity index (χ4v) is 11.4. The van der Waals surface area contributed by atoms with Crippen molar-refractivity contribution in [1.82, 2.24) is 9.97 Å². The first-order valence-corrected chi connectivity index (χ1v) is 22.5. The summed E-state index contributed by atoms with van der Waals surface area (Å²) in [6, 6.07) is 69.8. The third kappa shape index (κ3) is 5.26. The van der Waals surface area contributed by atoms with Crippen molar-refractivity contribution in [3.8, 4) is 66.9 Å². The molecular formula is C62H44N2. The fourth-order valence-electron chi connectivity index (χ4n) is 11.4. The number of rotatable bonds is 4. The molecule has 0 radical (unpaired) electrons. The zero-order valence-electron chi connectivity index (χ0n) is 36.4. The van der Waals surface area contributed by atoms with Gasteiger partial charge < -0.3 is 0 Å². The monoisotopic (exact) mass is 816 g/mol. The second-order valence-corrected chi connectivity index (χ2v) is 18.9. The smallest absolute Gasteiger partial charge is 0.0794 e. The van der Waals surface area contributed by atoms with Crippen LogP contribution in [0.1, 0.15) is 49.9 Å². The van der Waals surface area contributed by atoms with E-state index in [0.29, 0.717) is 0 Å². The lowest BCUT2D eigenvalue weighted by Gasteiger charge is -2.22.